The molecule has 0 amide bonds. The summed E-state index contributed by atoms with van der Waals surface area (Å²) < 4.78 is 0. The molecule has 78 valence electrons. The maximum atomic E-state index is 12.1. The highest BCUT2D eigenvalue weighted by atomic mass is 16.1. The topological polar surface area (TPSA) is 40.9 Å². The van der Waals surface area contributed by atoms with E-state index < -0.39 is 5.41 Å². The molecule has 0 fully saturated rings. The van der Waals surface area contributed by atoms with Crippen LogP contribution in [0.3, 0.4) is 0 Å². The van der Waals surface area contributed by atoms with Crippen molar-refractivity contribution in [1.82, 2.24) is 0 Å². The van der Waals surface area contributed by atoms with Gasteiger partial charge in [0, 0.05) is 11.0 Å². The van der Waals surface area contributed by atoms with Gasteiger partial charge in [-0.1, -0.05) is 39.0 Å². The second kappa shape index (κ2) is 4.27. The van der Waals surface area contributed by atoms with Crippen LogP contribution < -0.4 is 0 Å². The summed E-state index contributed by atoms with van der Waals surface area (Å²) in [6.07, 6.45) is 0.769. The Morgan fingerprint density at radius 3 is 2.53 bits per heavy atom. The normalized spacial score (nSPS) is 10.8. The van der Waals surface area contributed by atoms with Crippen LogP contribution >= 0.6 is 0 Å². The van der Waals surface area contributed by atoms with Crippen LogP contribution in [0.1, 0.15) is 43.1 Å². The third-order valence-electron chi connectivity index (χ3n) is 2.79. The Balaban J connectivity index is 3.19. The van der Waals surface area contributed by atoms with Gasteiger partial charge in [-0.25, -0.2) is 0 Å². The lowest BCUT2D eigenvalue weighted by molar-refractivity contribution is 0.0832. The van der Waals surface area contributed by atoms with E-state index in [4.69, 9.17) is 5.26 Å². The third-order valence-corrected chi connectivity index (χ3v) is 2.79. The zero-order chi connectivity index (χ0) is 11.5. The summed E-state index contributed by atoms with van der Waals surface area (Å²) in [5.74, 6) is 0.0437. The van der Waals surface area contributed by atoms with Crippen molar-refractivity contribution in [2.45, 2.75) is 27.2 Å². The monoisotopic (exact) mass is 201 g/mol. The van der Waals surface area contributed by atoms with Gasteiger partial charge in [0.15, 0.2) is 5.78 Å². The first-order valence-electron chi connectivity index (χ1n) is 5.07. The number of rotatable bonds is 3. The van der Waals surface area contributed by atoms with Crippen molar-refractivity contribution in [3.63, 3.8) is 0 Å². The highest BCUT2D eigenvalue weighted by Crippen LogP contribution is 2.26. The lowest BCUT2D eigenvalue weighted by Gasteiger charge is -2.21. The molecule has 0 heterocycles. The molecule has 0 saturated heterocycles. The van der Waals surface area contributed by atoms with E-state index in [1.165, 1.54) is 0 Å². The van der Waals surface area contributed by atoms with E-state index in [9.17, 15) is 4.79 Å². The number of nitrogens with zero attached hydrogens (tertiary/aromatic N) is 1. The highest BCUT2D eigenvalue weighted by molar-refractivity contribution is 6.01. The van der Waals surface area contributed by atoms with Crippen LogP contribution in [0, 0.1) is 16.7 Å². The first-order chi connectivity index (χ1) is 7.03. The summed E-state index contributed by atoms with van der Waals surface area (Å²) in [6.45, 7) is 5.79. The fraction of sp³-hybridized carbons (Fsp3) is 0.385. The number of hydrogen-bond acceptors (Lipinski definition) is 2. The van der Waals surface area contributed by atoms with Crippen molar-refractivity contribution in [3.8, 4) is 6.07 Å². The highest BCUT2D eigenvalue weighted by Gasteiger charge is 2.27. The molecule has 0 saturated carbocycles. The molecule has 0 aromatic heterocycles. The van der Waals surface area contributed by atoms with Crippen molar-refractivity contribution in [1.29, 1.82) is 5.26 Å². The number of hydrogen-bond donors (Lipinski definition) is 0. The molecule has 2 nitrogen and oxygen atoms in total. The predicted octanol–water partition coefficient (Wildman–Crippen LogP) is 3.18. The van der Waals surface area contributed by atoms with Crippen LogP contribution in [0.25, 0.3) is 0 Å². The second-order valence-electron chi connectivity index (χ2n) is 4.22. The molecule has 0 radical (unpaired) electrons. The average Bonchev–Trinajstić information content (AvgIpc) is 2.28. The number of ketones is 1. The summed E-state index contributed by atoms with van der Waals surface area (Å²) in [5.41, 5.74) is 0.600. The minimum atomic E-state index is -0.396. The molecule has 1 aromatic carbocycles. The molecule has 0 spiro atoms. The smallest absolute Gasteiger partial charge is 0.169 e. The molecule has 0 atom stereocenters. The number of carbonyl (C=O) groups is 1. The summed E-state index contributed by atoms with van der Waals surface area (Å²) in [4.78, 5) is 12.1. The Hall–Kier alpha value is -1.62. The summed E-state index contributed by atoms with van der Waals surface area (Å²) >= 11 is 0. The van der Waals surface area contributed by atoms with Gasteiger partial charge in [0.25, 0.3) is 0 Å². The third kappa shape index (κ3) is 2.24. The summed E-state index contributed by atoms with van der Waals surface area (Å²) in [6, 6.07) is 9.02. The van der Waals surface area contributed by atoms with Crippen LogP contribution in [-0.4, -0.2) is 5.78 Å². The molecule has 0 N–H and O–H groups in total. The molecule has 1 aromatic rings. The lowest BCUT2D eigenvalue weighted by atomic mass is 9.81. The molecule has 15 heavy (non-hydrogen) atoms. The number of benzene rings is 1. The van der Waals surface area contributed by atoms with Gasteiger partial charge >= 0.3 is 0 Å². The predicted molar refractivity (Wildman–Crippen MR) is 59.6 cm³/mol. The zero-order valence-electron chi connectivity index (χ0n) is 9.37. The standard InChI is InChI=1S/C13H15NO/c1-4-13(2,3)12(15)11-8-6-5-7-10(11)9-14/h5-8H,4H2,1-3H3. The van der Waals surface area contributed by atoms with Gasteiger partial charge in [-0.3, -0.25) is 4.79 Å². The van der Waals surface area contributed by atoms with Gasteiger partial charge < -0.3 is 0 Å². The largest absolute Gasteiger partial charge is 0.294 e. The number of carbonyl (C=O) groups excluding carboxylic acids is 1. The van der Waals surface area contributed by atoms with E-state index in [1.807, 2.05) is 20.8 Å². The summed E-state index contributed by atoms with van der Waals surface area (Å²) in [7, 11) is 0. The van der Waals surface area contributed by atoms with Crippen molar-refractivity contribution >= 4 is 5.78 Å². The van der Waals surface area contributed by atoms with Crippen LogP contribution in [0.5, 0.6) is 0 Å². The SMILES string of the molecule is CCC(C)(C)C(=O)c1ccccc1C#N. The molecule has 0 bridgehead atoms. The fourth-order valence-corrected chi connectivity index (χ4v) is 1.30. The molecule has 0 unspecified atom stereocenters. The quantitative estimate of drug-likeness (QED) is 0.705. The van der Waals surface area contributed by atoms with Gasteiger partial charge in [0.2, 0.25) is 0 Å². The molecular formula is C13H15NO. The Kier molecular flexibility index (Phi) is 3.26. The Labute approximate surface area is 90.5 Å². The van der Waals surface area contributed by atoms with Crippen LogP contribution in [0.2, 0.25) is 0 Å². The molecule has 2 heteroatoms. The van der Waals surface area contributed by atoms with Crippen molar-refractivity contribution < 1.29 is 4.79 Å². The van der Waals surface area contributed by atoms with Gasteiger partial charge in [-0.05, 0) is 12.5 Å². The van der Waals surface area contributed by atoms with Crippen LogP contribution in [0.4, 0.5) is 0 Å². The Bertz CT molecular complexity index is 413. The first-order valence-corrected chi connectivity index (χ1v) is 5.07. The van der Waals surface area contributed by atoms with Crippen molar-refractivity contribution in [3.05, 3.63) is 35.4 Å². The minimum Gasteiger partial charge on any atom is -0.294 e. The van der Waals surface area contributed by atoms with Crippen molar-refractivity contribution in [2.75, 3.05) is 0 Å². The van der Waals surface area contributed by atoms with E-state index >= 15 is 0 Å². The summed E-state index contributed by atoms with van der Waals surface area (Å²) in [5, 5.41) is 8.90. The number of Topliss-reactive ketones (excluding diaryl/α,β-unsaturated/α-hetero) is 1. The minimum absolute atomic E-state index is 0.0437. The number of nitriles is 1. The van der Waals surface area contributed by atoms with Gasteiger partial charge in [-0.15, -0.1) is 0 Å². The Morgan fingerprint density at radius 1 is 1.40 bits per heavy atom. The lowest BCUT2D eigenvalue weighted by Crippen LogP contribution is -2.24. The van der Waals surface area contributed by atoms with Gasteiger partial charge in [-0.2, -0.15) is 5.26 Å². The molecule has 0 aliphatic carbocycles. The van der Waals surface area contributed by atoms with E-state index in [2.05, 4.69) is 6.07 Å². The first kappa shape index (κ1) is 11.5. The zero-order valence-corrected chi connectivity index (χ0v) is 9.37. The molecule has 1 rings (SSSR count). The average molecular weight is 201 g/mol. The van der Waals surface area contributed by atoms with E-state index in [1.54, 1.807) is 24.3 Å². The molecule has 0 aliphatic rings. The van der Waals surface area contributed by atoms with Crippen LogP contribution in [0.15, 0.2) is 24.3 Å². The van der Waals surface area contributed by atoms with E-state index in [0.717, 1.165) is 6.42 Å². The maximum Gasteiger partial charge on any atom is 0.169 e. The van der Waals surface area contributed by atoms with Crippen LogP contribution in [-0.2, 0) is 0 Å². The van der Waals surface area contributed by atoms with Gasteiger partial charge in [0.05, 0.1) is 11.6 Å². The maximum absolute atomic E-state index is 12.1. The van der Waals surface area contributed by atoms with E-state index in [0.29, 0.717) is 11.1 Å². The second-order valence-corrected chi connectivity index (χ2v) is 4.22. The van der Waals surface area contributed by atoms with Gasteiger partial charge in [0.1, 0.15) is 0 Å². The molecule has 0 aliphatic heterocycles. The fourth-order valence-electron chi connectivity index (χ4n) is 1.30. The Morgan fingerprint density at radius 2 is 2.00 bits per heavy atom. The van der Waals surface area contributed by atoms with E-state index in [-0.39, 0.29) is 5.78 Å². The van der Waals surface area contributed by atoms with Crippen molar-refractivity contribution in [2.24, 2.45) is 5.41 Å². The molecular weight excluding hydrogens is 186 g/mol.